The quantitative estimate of drug-likeness (QED) is 0.740. The van der Waals surface area contributed by atoms with Gasteiger partial charge in [-0.2, -0.15) is 4.31 Å². The summed E-state index contributed by atoms with van der Waals surface area (Å²) in [6.07, 6.45) is 0. The van der Waals surface area contributed by atoms with Crippen LogP contribution in [0.3, 0.4) is 0 Å². The van der Waals surface area contributed by atoms with Crippen molar-refractivity contribution >= 4 is 21.1 Å². The summed E-state index contributed by atoms with van der Waals surface area (Å²) in [6, 6.07) is 8.41. The van der Waals surface area contributed by atoms with Crippen molar-refractivity contribution in [2.75, 3.05) is 6.54 Å². The third kappa shape index (κ3) is 2.14. The van der Waals surface area contributed by atoms with E-state index in [1.807, 2.05) is 26.0 Å². The van der Waals surface area contributed by atoms with Crippen LogP contribution >= 0.6 is 0 Å². The number of aromatic amines is 2. The maximum Gasteiger partial charge on any atom is 0.323 e. The Morgan fingerprint density at radius 3 is 2.62 bits per heavy atom. The van der Waals surface area contributed by atoms with E-state index in [0.717, 1.165) is 11.4 Å². The summed E-state index contributed by atoms with van der Waals surface area (Å²) in [7, 11) is -3.64. The van der Waals surface area contributed by atoms with Crippen molar-refractivity contribution in [1.29, 1.82) is 0 Å². The molecule has 0 spiro atoms. The molecule has 8 heteroatoms. The molecule has 1 aromatic carbocycles. The van der Waals surface area contributed by atoms with Crippen LogP contribution in [0.1, 0.15) is 24.4 Å². The van der Waals surface area contributed by atoms with Crippen LogP contribution in [-0.4, -0.2) is 33.8 Å². The lowest BCUT2D eigenvalue weighted by Gasteiger charge is -2.34. The summed E-state index contributed by atoms with van der Waals surface area (Å²) in [5.74, 6) is 0. The van der Waals surface area contributed by atoms with Crippen molar-refractivity contribution in [1.82, 2.24) is 18.8 Å². The van der Waals surface area contributed by atoms with Gasteiger partial charge in [0.05, 0.1) is 22.0 Å². The van der Waals surface area contributed by atoms with Crippen LogP contribution in [0.5, 0.6) is 0 Å². The second-order valence-corrected chi connectivity index (χ2v) is 8.02. The number of hydrogen-bond donors (Lipinski definition) is 2. The first-order valence-corrected chi connectivity index (χ1v) is 9.22. The lowest BCUT2D eigenvalue weighted by molar-refractivity contribution is 0.280. The van der Waals surface area contributed by atoms with E-state index in [1.54, 1.807) is 6.07 Å². The molecule has 0 saturated heterocycles. The van der Waals surface area contributed by atoms with E-state index < -0.39 is 10.0 Å². The van der Waals surface area contributed by atoms with Crippen molar-refractivity contribution in [3.05, 3.63) is 52.2 Å². The van der Waals surface area contributed by atoms with E-state index in [0.29, 0.717) is 24.1 Å². The average molecular weight is 346 g/mol. The van der Waals surface area contributed by atoms with Crippen molar-refractivity contribution in [2.24, 2.45) is 0 Å². The lowest BCUT2D eigenvalue weighted by atomic mass is 10.2. The molecule has 1 atom stereocenters. The fourth-order valence-electron chi connectivity index (χ4n) is 3.44. The molecule has 0 fully saturated rings. The van der Waals surface area contributed by atoms with E-state index in [2.05, 4.69) is 14.5 Å². The van der Waals surface area contributed by atoms with Gasteiger partial charge in [0.15, 0.2) is 0 Å². The normalized spacial score (nSPS) is 18.8. The molecule has 3 heterocycles. The van der Waals surface area contributed by atoms with Crippen LogP contribution in [0, 0.1) is 6.92 Å². The monoisotopic (exact) mass is 346 g/mol. The predicted molar refractivity (Wildman–Crippen MR) is 90.4 cm³/mol. The SMILES string of the molecule is Cc1ccc2n1CCN(S(=O)(=O)c1ccc3[nH]c(=O)[nH]c3c1)[C@@H]2C. The van der Waals surface area contributed by atoms with Gasteiger partial charge < -0.3 is 14.5 Å². The molecule has 0 amide bonds. The number of H-pyrrole nitrogens is 2. The number of fused-ring (bicyclic) bond motifs is 2. The molecule has 1 aliphatic heterocycles. The Morgan fingerprint density at radius 1 is 1.08 bits per heavy atom. The Morgan fingerprint density at radius 2 is 1.83 bits per heavy atom. The third-order valence-corrected chi connectivity index (χ3v) is 6.70. The summed E-state index contributed by atoms with van der Waals surface area (Å²) < 4.78 is 29.8. The Hall–Kier alpha value is -2.32. The highest BCUT2D eigenvalue weighted by atomic mass is 32.2. The second kappa shape index (κ2) is 5.09. The molecule has 24 heavy (non-hydrogen) atoms. The summed E-state index contributed by atoms with van der Waals surface area (Å²) in [4.78, 5) is 16.8. The number of aromatic nitrogens is 3. The minimum Gasteiger partial charge on any atom is -0.346 e. The highest BCUT2D eigenvalue weighted by Crippen LogP contribution is 2.32. The van der Waals surface area contributed by atoms with Gasteiger partial charge in [-0.05, 0) is 44.2 Å². The molecule has 7 nitrogen and oxygen atoms in total. The van der Waals surface area contributed by atoms with Gasteiger partial charge in [-0.3, -0.25) is 0 Å². The number of hydrogen-bond acceptors (Lipinski definition) is 3. The van der Waals surface area contributed by atoms with Crippen LogP contribution in [0.4, 0.5) is 0 Å². The smallest absolute Gasteiger partial charge is 0.323 e. The van der Waals surface area contributed by atoms with E-state index >= 15 is 0 Å². The Bertz CT molecular complexity index is 1090. The van der Waals surface area contributed by atoms with E-state index in [-0.39, 0.29) is 16.6 Å². The molecular formula is C16H18N4O3S. The Labute approximate surface area is 139 Å². The van der Waals surface area contributed by atoms with E-state index in [9.17, 15) is 13.2 Å². The number of benzene rings is 1. The Balaban J connectivity index is 1.77. The van der Waals surface area contributed by atoms with Gasteiger partial charge >= 0.3 is 5.69 Å². The van der Waals surface area contributed by atoms with Gasteiger partial charge in [0.1, 0.15) is 0 Å². The number of nitrogens with zero attached hydrogens (tertiary/aromatic N) is 2. The molecule has 2 aromatic heterocycles. The summed E-state index contributed by atoms with van der Waals surface area (Å²) >= 11 is 0. The molecule has 126 valence electrons. The zero-order valence-corrected chi connectivity index (χ0v) is 14.2. The molecule has 4 rings (SSSR count). The van der Waals surface area contributed by atoms with Crippen LogP contribution < -0.4 is 5.69 Å². The largest absolute Gasteiger partial charge is 0.346 e. The maximum atomic E-state index is 13.1. The van der Waals surface area contributed by atoms with Gasteiger partial charge in [0, 0.05) is 24.5 Å². The summed E-state index contributed by atoms with van der Waals surface area (Å²) in [5.41, 5.74) is 2.87. The predicted octanol–water partition coefficient (Wildman–Crippen LogP) is 1.73. The number of rotatable bonds is 2. The van der Waals surface area contributed by atoms with E-state index in [1.165, 1.54) is 16.4 Å². The molecule has 0 saturated carbocycles. The van der Waals surface area contributed by atoms with Crippen molar-refractivity contribution < 1.29 is 8.42 Å². The third-order valence-electron chi connectivity index (χ3n) is 4.73. The fourth-order valence-corrected chi connectivity index (χ4v) is 5.06. The van der Waals surface area contributed by atoms with Crippen LogP contribution in [-0.2, 0) is 16.6 Å². The highest BCUT2D eigenvalue weighted by molar-refractivity contribution is 7.89. The fraction of sp³-hybridized carbons (Fsp3) is 0.312. The molecular weight excluding hydrogens is 328 g/mol. The first-order valence-electron chi connectivity index (χ1n) is 7.78. The van der Waals surface area contributed by atoms with Crippen molar-refractivity contribution in [3.8, 4) is 0 Å². The van der Waals surface area contributed by atoms with Crippen molar-refractivity contribution in [3.63, 3.8) is 0 Å². The van der Waals surface area contributed by atoms with Crippen LogP contribution in [0.2, 0.25) is 0 Å². The standard InChI is InChI=1S/C16H18N4O3S/c1-10-3-6-15-11(2)20(8-7-19(10)15)24(22,23)12-4-5-13-14(9-12)18-16(21)17-13/h3-6,9,11H,7-8H2,1-2H3,(H2,17,18,21)/t11-/m1/s1. The highest BCUT2D eigenvalue weighted by Gasteiger charge is 2.34. The van der Waals surface area contributed by atoms with Crippen molar-refractivity contribution in [2.45, 2.75) is 31.3 Å². The van der Waals surface area contributed by atoms with Gasteiger partial charge in [0.25, 0.3) is 0 Å². The number of imidazole rings is 1. The Kier molecular flexibility index (Phi) is 3.23. The molecule has 2 N–H and O–H groups in total. The molecule has 3 aromatic rings. The first kappa shape index (κ1) is 15.2. The zero-order valence-electron chi connectivity index (χ0n) is 13.4. The number of sulfonamides is 1. The van der Waals surface area contributed by atoms with Crippen LogP contribution in [0.25, 0.3) is 11.0 Å². The lowest BCUT2D eigenvalue weighted by Crippen LogP contribution is -2.40. The molecule has 1 aliphatic rings. The van der Waals surface area contributed by atoms with Gasteiger partial charge in [-0.25, -0.2) is 13.2 Å². The maximum absolute atomic E-state index is 13.1. The minimum atomic E-state index is -3.64. The van der Waals surface area contributed by atoms with Crippen LogP contribution in [0.15, 0.2) is 40.0 Å². The molecule has 0 radical (unpaired) electrons. The van der Waals surface area contributed by atoms with Gasteiger partial charge in [-0.1, -0.05) is 0 Å². The molecule has 0 unspecified atom stereocenters. The van der Waals surface area contributed by atoms with Gasteiger partial charge in [-0.15, -0.1) is 0 Å². The minimum absolute atomic E-state index is 0.189. The topological polar surface area (TPSA) is 91.0 Å². The number of aryl methyl sites for hydroxylation is 1. The average Bonchev–Trinajstić information content (AvgIpc) is 3.09. The molecule has 0 bridgehead atoms. The zero-order chi connectivity index (χ0) is 17.1. The first-order chi connectivity index (χ1) is 11.4. The summed E-state index contributed by atoms with van der Waals surface area (Å²) in [5, 5.41) is 0. The summed E-state index contributed by atoms with van der Waals surface area (Å²) in [6.45, 7) is 4.99. The second-order valence-electron chi connectivity index (χ2n) is 6.13. The number of nitrogens with one attached hydrogen (secondary N) is 2. The molecule has 0 aliphatic carbocycles. The van der Waals surface area contributed by atoms with Gasteiger partial charge in [0.2, 0.25) is 10.0 Å². The van der Waals surface area contributed by atoms with E-state index in [4.69, 9.17) is 0 Å².